The maximum absolute atomic E-state index is 13.0. The Balaban J connectivity index is 1.49. The van der Waals surface area contributed by atoms with Crippen LogP contribution >= 0.6 is 0 Å². The lowest BCUT2D eigenvalue weighted by Gasteiger charge is -2.36. The number of carbonyl (C=O) groups excluding carboxylic acids is 2. The minimum atomic E-state index is -0.731. The summed E-state index contributed by atoms with van der Waals surface area (Å²) in [6.07, 6.45) is 0. The normalized spacial score (nSPS) is 14.1. The number of hydrogen-bond acceptors (Lipinski definition) is 5. The van der Waals surface area contributed by atoms with Crippen molar-refractivity contribution in [2.45, 2.75) is 6.92 Å². The molecular formula is C20H21FN2O4. The minimum Gasteiger partial charge on any atom is -0.507 e. The summed E-state index contributed by atoms with van der Waals surface area (Å²) in [4.78, 5) is 28.0. The number of phenolic OH excluding ortho intramolecular Hbond substituents is 1. The van der Waals surface area contributed by atoms with Crippen molar-refractivity contribution < 1.29 is 23.8 Å². The number of esters is 1. The number of aromatic hydroxyl groups is 1. The van der Waals surface area contributed by atoms with E-state index in [1.165, 1.54) is 24.3 Å². The van der Waals surface area contributed by atoms with E-state index in [0.717, 1.165) is 11.3 Å². The molecule has 0 radical (unpaired) electrons. The van der Waals surface area contributed by atoms with E-state index < -0.39 is 5.97 Å². The Hall–Kier alpha value is -3.09. The third-order valence-corrected chi connectivity index (χ3v) is 4.52. The number of halogens is 1. The molecule has 1 aliphatic heterocycles. The summed E-state index contributed by atoms with van der Waals surface area (Å²) < 4.78 is 18.1. The number of hydrogen-bond donors (Lipinski definition) is 1. The van der Waals surface area contributed by atoms with Crippen LogP contribution in [0.2, 0.25) is 0 Å². The van der Waals surface area contributed by atoms with Gasteiger partial charge in [-0.15, -0.1) is 0 Å². The Morgan fingerprint density at radius 1 is 1.07 bits per heavy atom. The summed E-state index contributed by atoms with van der Waals surface area (Å²) >= 11 is 0. The second-order valence-electron chi connectivity index (χ2n) is 6.44. The predicted octanol–water partition coefficient (Wildman–Crippen LogP) is 2.35. The van der Waals surface area contributed by atoms with Crippen molar-refractivity contribution in [1.29, 1.82) is 0 Å². The molecule has 1 amide bonds. The average Bonchev–Trinajstić information content (AvgIpc) is 2.66. The fourth-order valence-electron chi connectivity index (χ4n) is 2.98. The number of carbonyl (C=O) groups is 2. The van der Waals surface area contributed by atoms with Crippen LogP contribution < -0.4 is 4.90 Å². The van der Waals surface area contributed by atoms with Crippen molar-refractivity contribution in [3.05, 3.63) is 59.4 Å². The van der Waals surface area contributed by atoms with Crippen molar-refractivity contribution >= 4 is 17.6 Å². The van der Waals surface area contributed by atoms with Gasteiger partial charge in [0, 0.05) is 31.9 Å². The Morgan fingerprint density at radius 3 is 2.37 bits per heavy atom. The van der Waals surface area contributed by atoms with Gasteiger partial charge in [0.05, 0.1) is 0 Å². The van der Waals surface area contributed by atoms with Gasteiger partial charge in [0.25, 0.3) is 5.91 Å². The smallest absolute Gasteiger partial charge is 0.342 e. The van der Waals surface area contributed by atoms with Gasteiger partial charge >= 0.3 is 5.97 Å². The first-order valence-electron chi connectivity index (χ1n) is 8.69. The van der Waals surface area contributed by atoms with Gasteiger partial charge in [0.1, 0.15) is 17.1 Å². The van der Waals surface area contributed by atoms with E-state index in [0.29, 0.717) is 26.2 Å². The summed E-state index contributed by atoms with van der Waals surface area (Å²) in [7, 11) is 0. The van der Waals surface area contributed by atoms with E-state index in [1.54, 1.807) is 30.0 Å². The largest absolute Gasteiger partial charge is 0.507 e. The van der Waals surface area contributed by atoms with E-state index in [2.05, 4.69) is 4.90 Å². The molecule has 1 aliphatic rings. The van der Waals surface area contributed by atoms with Crippen LogP contribution in [-0.4, -0.2) is 54.7 Å². The summed E-state index contributed by atoms with van der Waals surface area (Å²) in [6.45, 7) is 3.63. The molecule has 0 saturated carbocycles. The maximum Gasteiger partial charge on any atom is 0.342 e. The van der Waals surface area contributed by atoms with Gasteiger partial charge in [-0.25, -0.2) is 9.18 Å². The minimum absolute atomic E-state index is 0.0366. The number of amides is 1. The van der Waals surface area contributed by atoms with E-state index in [4.69, 9.17) is 4.74 Å². The van der Waals surface area contributed by atoms with Crippen LogP contribution in [0.3, 0.4) is 0 Å². The molecule has 0 spiro atoms. The number of benzene rings is 2. The average molecular weight is 372 g/mol. The molecule has 2 aromatic carbocycles. The summed E-state index contributed by atoms with van der Waals surface area (Å²) in [6, 6.07) is 10.9. The van der Waals surface area contributed by atoms with Crippen LogP contribution in [0.25, 0.3) is 0 Å². The van der Waals surface area contributed by atoms with Crippen molar-refractivity contribution in [3.63, 3.8) is 0 Å². The monoisotopic (exact) mass is 372 g/mol. The van der Waals surface area contributed by atoms with Crippen molar-refractivity contribution in [2.24, 2.45) is 0 Å². The number of phenols is 1. The molecule has 0 unspecified atom stereocenters. The van der Waals surface area contributed by atoms with Crippen LogP contribution in [0.1, 0.15) is 15.9 Å². The fraction of sp³-hybridized carbons (Fsp3) is 0.300. The molecule has 0 aliphatic carbocycles. The second kappa shape index (κ2) is 8.07. The molecule has 7 heteroatoms. The molecule has 142 valence electrons. The third kappa shape index (κ3) is 4.55. The van der Waals surface area contributed by atoms with Crippen LogP contribution in [0, 0.1) is 12.7 Å². The lowest BCUT2D eigenvalue weighted by Crippen LogP contribution is -2.49. The third-order valence-electron chi connectivity index (χ3n) is 4.52. The van der Waals surface area contributed by atoms with Gasteiger partial charge in [-0.1, -0.05) is 6.07 Å². The van der Waals surface area contributed by atoms with Crippen LogP contribution in [0.5, 0.6) is 5.75 Å². The SMILES string of the molecule is Cc1ccc(C(=O)OCC(=O)N2CCN(c3ccc(F)cc3)CC2)c(O)c1. The van der Waals surface area contributed by atoms with Gasteiger partial charge in [-0.3, -0.25) is 4.79 Å². The first kappa shape index (κ1) is 18.7. The molecule has 0 aromatic heterocycles. The van der Waals surface area contributed by atoms with Crippen LogP contribution in [0.15, 0.2) is 42.5 Å². The highest BCUT2D eigenvalue weighted by Crippen LogP contribution is 2.20. The number of piperazine rings is 1. The second-order valence-corrected chi connectivity index (χ2v) is 6.44. The van der Waals surface area contributed by atoms with Crippen molar-refractivity contribution in [2.75, 3.05) is 37.7 Å². The molecule has 3 rings (SSSR count). The topological polar surface area (TPSA) is 70.1 Å². The standard InChI is InChI=1S/C20H21FN2O4/c1-14-2-7-17(18(24)12-14)20(26)27-13-19(25)23-10-8-22(9-11-23)16-5-3-15(21)4-6-16/h2-7,12,24H,8-11,13H2,1H3. The molecular weight excluding hydrogens is 351 g/mol. The molecule has 27 heavy (non-hydrogen) atoms. The first-order valence-corrected chi connectivity index (χ1v) is 8.69. The molecule has 0 bridgehead atoms. The number of rotatable bonds is 4. The maximum atomic E-state index is 13.0. The van der Waals surface area contributed by atoms with Gasteiger partial charge < -0.3 is 19.6 Å². The van der Waals surface area contributed by atoms with E-state index in [1.807, 2.05) is 0 Å². The highest BCUT2D eigenvalue weighted by Gasteiger charge is 2.23. The number of ether oxygens (including phenoxy) is 1. The summed E-state index contributed by atoms with van der Waals surface area (Å²) in [5, 5.41) is 9.81. The number of nitrogens with zero attached hydrogens (tertiary/aromatic N) is 2. The molecule has 2 aromatic rings. The zero-order valence-electron chi connectivity index (χ0n) is 15.0. The number of anilines is 1. The van der Waals surface area contributed by atoms with Gasteiger partial charge in [-0.05, 0) is 48.9 Å². The molecule has 1 N–H and O–H groups in total. The molecule has 0 atom stereocenters. The zero-order chi connectivity index (χ0) is 19.4. The zero-order valence-corrected chi connectivity index (χ0v) is 15.0. The van der Waals surface area contributed by atoms with E-state index >= 15 is 0 Å². The lowest BCUT2D eigenvalue weighted by molar-refractivity contribution is -0.134. The van der Waals surface area contributed by atoms with Crippen LogP contribution in [-0.2, 0) is 9.53 Å². The Morgan fingerprint density at radius 2 is 1.74 bits per heavy atom. The highest BCUT2D eigenvalue weighted by atomic mass is 19.1. The predicted molar refractivity (Wildman–Crippen MR) is 98.3 cm³/mol. The molecule has 1 fully saturated rings. The van der Waals surface area contributed by atoms with Crippen molar-refractivity contribution in [3.8, 4) is 5.75 Å². The molecule has 6 nitrogen and oxygen atoms in total. The Bertz CT molecular complexity index is 830. The summed E-state index contributed by atoms with van der Waals surface area (Å²) in [5.41, 5.74) is 1.76. The molecule has 1 heterocycles. The van der Waals surface area contributed by atoms with Crippen LogP contribution in [0.4, 0.5) is 10.1 Å². The quantitative estimate of drug-likeness (QED) is 0.835. The first-order chi connectivity index (χ1) is 12.9. The van der Waals surface area contributed by atoms with Gasteiger partial charge in [0.2, 0.25) is 0 Å². The summed E-state index contributed by atoms with van der Waals surface area (Å²) in [5.74, 6) is -1.46. The Labute approximate surface area is 156 Å². The van der Waals surface area contributed by atoms with E-state index in [9.17, 15) is 19.1 Å². The lowest BCUT2D eigenvalue weighted by atomic mass is 10.1. The van der Waals surface area contributed by atoms with Gasteiger partial charge in [-0.2, -0.15) is 0 Å². The molecule has 1 saturated heterocycles. The number of aryl methyl sites for hydroxylation is 1. The van der Waals surface area contributed by atoms with E-state index in [-0.39, 0.29) is 29.6 Å². The Kier molecular flexibility index (Phi) is 5.59. The van der Waals surface area contributed by atoms with Gasteiger partial charge in [0.15, 0.2) is 6.61 Å². The highest BCUT2D eigenvalue weighted by molar-refractivity contribution is 5.94. The fourth-order valence-corrected chi connectivity index (χ4v) is 2.98. The van der Waals surface area contributed by atoms with Crippen molar-refractivity contribution in [1.82, 2.24) is 4.90 Å².